The summed E-state index contributed by atoms with van der Waals surface area (Å²) >= 11 is 1.64. The molecule has 0 aliphatic heterocycles. The van der Waals surface area contributed by atoms with E-state index in [-0.39, 0.29) is 12.2 Å². The van der Waals surface area contributed by atoms with Crippen LogP contribution in [0.4, 0.5) is 0 Å². The molecule has 23 heavy (non-hydrogen) atoms. The van der Waals surface area contributed by atoms with E-state index in [4.69, 9.17) is 0 Å². The maximum absolute atomic E-state index is 12.3. The normalized spacial score (nSPS) is 11.0. The van der Waals surface area contributed by atoms with Gasteiger partial charge in [-0.05, 0) is 35.7 Å². The molecule has 0 spiro atoms. The van der Waals surface area contributed by atoms with E-state index >= 15 is 0 Å². The molecular formula is C17H12N4OS. The lowest BCUT2D eigenvalue weighted by Crippen LogP contribution is -2.05. The van der Waals surface area contributed by atoms with Crippen LogP contribution in [-0.2, 0) is 6.42 Å². The van der Waals surface area contributed by atoms with Gasteiger partial charge in [0.25, 0.3) is 0 Å². The molecular weight excluding hydrogens is 308 g/mol. The van der Waals surface area contributed by atoms with Crippen LogP contribution >= 0.6 is 11.3 Å². The Morgan fingerprint density at radius 2 is 2.13 bits per heavy atom. The van der Waals surface area contributed by atoms with Gasteiger partial charge < -0.3 is 0 Å². The van der Waals surface area contributed by atoms with Crippen LogP contribution in [0.1, 0.15) is 16.2 Å². The second-order valence-electron chi connectivity index (χ2n) is 5.06. The molecule has 6 heteroatoms. The number of ketones is 1. The molecule has 0 amide bonds. The minimum absolute atomic E-state index is 0.0360. The molecule has 0 radical (unpaired) electrons. The first kappa shape index (κ1) is 13.8. The van der Waals surface area contributed by atoms with Crippen molar-refractivity contribution in [2.75, 3.05) is 0 Å². The Balaban J connectivity index is 1.70. The fourth-order valence-electron chi connectivity index (χ4n) is 2.43. The zero-order valence-corrected chi connectivity index (χ0v) is 12.9. The molecule has 0 fully saturated rings. The van der Waals surface area contributed by atoms with Gasteiger partial charge in [-0.1, -0.05) is 6.07 Å². The molecule has 4 aromatic rings. The molecule has 0 N–H and O–H groups in total. The molecule has 4 aromatic heterocycles. The standard InChI is InChI=1S/C17H12N4OS/c22-15(12-3-2-7-18-10-12)9-16-19-17-5-1-4-14(21(17)20-16)13-6-8-23-11-13/h1-8,10-11H,9H2. The number of rotatable bonds is 4. The molecule has 0 atom stereocenters. The Morgan fingerprint density at radius 1 is 1.17 bits per heavy atom. The lowest BCUT2D eigenvalue weighted by atomic mass is 10.1. The lowest BCUT2D eigenvalue weighted by molar-refractivity contribution is 0.0990. The summed E-state index contributed by atoms with van der Waals surface area (Å²) in [5.74, 6) is 0.479. The third-order valence-electron chi connectivity index (χ3n) is 3.52. The number of carbonyl (C=O) groups is 1. The van der Waals surface area contributed by atoms with E-state index in [1.807, 2.05) is 29.6 Å². The summed E-state index contributed by atoms with van der Waals surface area (Å²) in [5, 5.41) is 8.60. The van der Waals surface area contributed by atoms with E-state index in [9.17, 15) is 4.79 Å². The monoisotopic (exact) mass is 320 g/mol. The number of hydrogen-bond donors (Lipinski definition) is 0. The average Bonchev–Trinajstić information content (AvgIpc) is 3.24. The first-order valence-corrected chi connectivity index (χ1v) is 8.06. The molecule has 0 aliphatic rings. The molecule has 0 saturated heterocycles. The summed E-state index contributed by atoms with van der Waals surface area (Å²) in [6.45, 7) is 0. The Morgan fingerprint density at radius 3 is 2.91 bits per heavy atom. The van der Waals surface area contributed by atoms with Crippen LogP contribution in [0, 0.1) is 0 Å². The van der Waals surface area contributed by atoms with Gasteiger partial charge in [0.2, 0.25) is 0 Å². The van der Waals surface area contributed by atoms with Crippen molar-refractivity contribution < 1.29 is 4.79 Å². The van der Waals surface area contributed by atoms with Gasteiger partial charge in [0.15, 0.2) is 17.3 Å². The maximum atomic E-state index is 12.3. The number of aromatic nitrogens is 4. The van der Waals surface area contributed by atoms with E-state index < -0.39 is 0 Å². The average molecular weight is 320 g/mol. The molecule has 5 nitrogen and oxygen atoms in total. The van der Waals surface area contributed by atoms with Crippen molar-refractivity contribution >= 4 is 22.8 Å². The van der Waals surface area contributed by atoms with E-state index in [1.165, 1.54) is 0 Å². The predicted molar refractivity (Wildman–Crippen MR) is 88.6 cm³/mol. The van der Waals surface area contributed by atoms with Crippen molar-refractivity contribution in [1.29, 1.82) is 0 Å². The van der Waals surface area contributed by atoms with E-state index in [0.29, 0.717) is 11.4 Å². The molecule has 0 saturated carbocycles. The third-order valence-corrected chi connectivity index (χ3v) is 4.21. The Bertz CT molecular complexity index is 961. The van der Waals surface area contributed by atoms with Gasteiger partial charge in [0, 0.05) is 28.9 Å². The quantitative estimate of drug-likeness (QED) is 0.541. The van der Waals surface area contributed by atoms with Crippen LogP contribution in [0.3, 0.4) is 0 Å². The number of fused-ring (bicyclic) bond motifs is 1. The highest BCUT2D eigenvalue weighted by Gasteiger charge is 2.13. The summed E-state index contributed by atoms with van der Waals surface area (Å²) in [6, 6.07) is 11.4. The topological polar surface area (TPSA) is 60.2 Å². The fraction of sp³-hybridized carbons (Fsp3) is 0.0588. The highest BCUT2D eigenvalue weighted by molar-refractivity contribution is 7.08. The highest BCUT2D eigenvalue weighted by atomic mass is 32.1. The first-order chi connectivity index (χ1) is 11.3. The summed E-state index contributed by atoms with van der Waals surface area (Å²) < 4.78 is 1.79. The number of Topliss-reactive ketones (excluding diaryl/α,β-unsaturated/α-hetero) is 1. The lowest BCUT2D eigenvalue weighted by Gasteiger charge is -2.00. The zero-order valence-electron chi connectivity index (χ0n) is 12.1. The van der Waals surface area contributed by atoms with Gasteiger partial charge in [-0.15, -0.1) is 0 Å². The predicted octanol–water partition coefficient (Wildman–Crippen LogP) is 3.28. The molecule has 0 aromatic carbocycles. The van der Waals surface area contributed by atoms with Gasteiger partial charge in [-0.2, -0.15) is 16.4 Å². The van der Waals surface area contributed by atoms with Crippen molar-refractivity contribution in [2.24, 2.45) is 0 Å². The summed E-state index contributed by atoms with van der Waals surface area (Å²) in [5.41, 5.74) is 3.37. The van der Waals surface area contributed by atoms with Crippen LogP contribution in [0.5, 0.6) is 0 Å². The second-order valence-corrected chi connectivity index (χ2v) is 5.84. The van der Waals surface area contributed by atoms with Gasteiger partial charge >= 0.3 is 0 Å². The molecule has 4 rings (SSSR count). The first-order valence-electron chi connectivity index (χ1n) is 7.12. The molecule has 112 valence electrons. The molecule has 0 bridgehead atoms. The van der Waals surface area contributed by atoms with Crippen LogP contribution in [0.2, 0.25) is 0 Å². The van der Waals surface area contributed by atoms with E-state index in [2.05, 4.69) is 20.4 Å². The Hall–Kier alpha value is -2.86. The summed E-state index contributed by atoms with van der Waals surface area (Å²) in [7, 11) is 0. The number of thiophene rings is 1. The third kappa shape index (κ3) is 2.64. The van der Waals surface area contributed by atoms with Crippen molar-refractivity contribution in [3.05, 3.63) is 70.9 Å². The van der Waals surface area contributed by atoms with Crippen molar-refractivity contribution in [1.82, 2.24) is 19.6 Å². The molecule has 0 aliphatic carbocycles. The number of carbonyl (C=O) groups excluding carboxylic acids is 1. The van der Waals surface area contributed by atoms with Gasteiger partial charge in [0.05, 0.1) is 12.1 Å². The van der Waals surface area contributed by atoms with Crippen LogP contribution in [-0.4, -0.2) is 25.4 Å². The minimum Gasteiger partial charge on any atom is -0.294 e. The molecule has 4 heterocycles. The largest absolute Gasteiger partial charge is 0.294 e. The van der Waals surface area contributed by atoms with Crippen LogP contribution < -0.4 is 0 Å². The fourth-order valence-corrected chi connectivity index (χ4v) is 3.08. The number of hydrogen-bond acceptors (Lipinski definition) is 5. The van der Waals surface area contributed by atoms with E-state index in [1.54, 1.807) is 40.4 Å². The smallest absolute Gasteiger partial charge is 0.172 e. The molecule has 0 unspecified atom stereocenters. The SMILES string of the molecule is O=C(Cc1nc2cccc(-c3ccsc3)n2n1)c1cccnc1. The summed E-state index contributed by atoms with van der Waals surface area (Å²) in [4.78, 5) is 20.7. The second kappa shape index (κ2) is 5.73. The number of pyridine rings is 2. The van der Waals surface area contributed by atoms with Crippen molar-refractivity contribution in [2.45, 2.75) is 6.42 Å². The van der Waals surface area contributed by atoms with Gasteiger partial charge in [0.1, 0.15) is 0 Å². The van der Waals surface area contributed by atoms with Crippen LogP contribution in [0.15, 0.2) is 59.6 Å². The van der Waals surface area contributed by atoms with Crippen LogP contribution in [0.25, 0.3) is 16.9 Å². The van der Waals surface area contributed by atoms with Crippen molar-refractivity contribution in [3.63, 3.8) is 0 Å². The summed E-state index contributed by atoms with van der Waals surface area (Å²) in [6.07, 6.45) is 3.37. The maximum Gasteiger partial charge on any atom is 0.172 e. The van der Waals surface area contributed by atoms with Gasteiger partial charge in [-0.25, -0.2) is 9.50 Å². The Labute approximate surface area is 136 Å². The van der Waals surface area contributed by atoms with E-state index in [0.717, 1.165) is 16.9 Å². The number of nitrogens with zero attached hydrogens (tertiary/aromatic N) is 4. The Kier molecular flexibility index (Phi) is 3.44. The van der Waals surface area contributed by atoms with Gasteiger partial charge in [-0.3, -0.25) is 9.78 Å². The van der Waals surface area contributed by atoms with Crippen molar-refractivity contribution in [3.8, 4) is 11.3 Å². The minimum atomic E-state index is -0.0360. The highest BCUT2D eigenvalue weighted by Crippen LogP contribution is 2.22. The zero-order chi connectivity index (χ0) is 15.6.